The van der Waals surface area contributed by atoms with Crippen molar-refractivity contribution < 1.29 is 9.21 Å². The van der Waals surface area contributed by atoms with Crippen LogP contribution in [-0.2, 0) is 4.79 Å². The molecule has 0 saturated heterocycles. The van der Waals surface area contributed by atoms with Crippen molar-refractivity contribution >= 4 is 17.7 Å². The number of aryl methyl sites for hydroxylation is 1. The van der Waals surface area contributed by atoms with Gasteiger partial charge in [0.05, 0.1) is 0 Å². The molecule has 4 rings (SSSR count). The topological polar surface area (TPSA) is 68.0 Å². The second-order valence-electron chi connectivity index (χ2n) is 6.38. The Hall–Kier alpha value is -2.60. The van der Waals surface area contributed by atoms with E-state index in [0.29, 0.717) is 17.2 Å². The summed E-state index contributed by atoms with van der Waals surface area (Å²) in [4.78, 5) is 12.7. The van der Waals surface area contributed by atoms with E-state index in [1.165, 1.54) is 11.8 Å². The van der Waals surface area contributed by atoms with Crippen LogP contribution in [0.4, 0.5) is 0 Å². The van der Waals surface area contributed by atoms with Crippen molar-refractivity contribution in [2.24, 2.45) is 0 Å². The SMILES string of the molecule is Cc1ccccc1-c1nnc(S[C@H](C(=O)NC2CC2)c2ccccc2)o1. The second-order valence-corrected chi connectivity index (χ2v) is 7.44. The molecule has 3 aromatic rings. The fourth-order valence-electron chi connectivity index (χ4n) is 2.69. The average molecular weight is 365 g/mol. The van der Waals surface area contributed by atoms with Gasteiger partial charge < -0.3 is 9.73 Å². The number of nitrogens with one attached hydrogen (secondary N) is 1. The molecule has 1 fully saturated rings. The van der Waals surface area contributed by atoms with Crippen molar-refractivity contribution in [3.05, 3.63) is 65.7 Å². The zero-order chi connectivity index (χ0) is 17.9. The van der Waals surface area contributed by atoms with Gasteiger partial charge >= 0.3 is 0 Å². The highest BCUT2D eigenvalue weighted by molar-refractivity contribution is 8.00. The molecule has 1 aromatic heterocycles. The summed E-state index contributed by atoms with van der Waals surface area (Å²) in [7, 11) is 0. The maximum atomic E-state index is 12.7. The molecule has 1 aliphatic carbocycles. The second kappa shape index (κ2) is 7.33. The number of hydrogen-bond acceptors (Lipinski definition) is 5. The van der Waals surface area contributed by atoms with Gasteiger partial charge in [-0.2, -0.15) is 0 Å². The van der Waals surface area contributed by atoms with Crippen LogP contribution < -0.4 is 5.32 Å². The van der Waals surface area contributed by atoms with E-state index >= 15 is 0 Å². The Morgan fingerprint density at radius 2 is 1.85 bits per heavy atom. The Bertz CT molecular complexity index is 906. The van der Waals surface area contributed by atoms with Crippen LogP contribution in [0.25, 0.3) is 11.5 Å². The van der Waals surface area contributed by atoms with E-state index in [0.717, 1.165) is 29.5 Å². The van der Waals surface area contributed by atoms with E-state index in [-0.39, 0.29) is 5.91 Å². The van der Waals surface area contributed by atoms with Gasteiger partial charge in [-0.15, -0.1) is 10.2 Å². The van der Waals surface area contributed by atoms with Crippen LogP contribution in [0.15, 0.2) is 64.2 Å². The van der Waals surface area contributed by atoms with Gasteiger partial charge in [0.25, 0.3) is 5.22 Å². The Kier molecular flexibility index (Phi) is 4.75. The standard InChI is InChI=1S/C20H19N3O2S/c1-13-7-5-6-10-16(13)19-22-23-20(25-19)26-17(14-8-3-2-4-9-14)18(24)21-15-11-12-15/h2-10,15,17H,11-12H2,1H3,(H,21,24)/t17-/m0/s1. The van der Waals surface area contributed by atoms with Gasteiger partial charge in [-0.25, -0.2) is 0 Å². The number of nitrogens with zero attached hydrogens (tertiary/aromatic N) is 2. The average Bonchev–Trinajstić information content (AvgIpc) is 3.35. The minimum absolute atomic E-state index is 0.0145. The van der Waals surface area contributed by atoms with E-state index in [4.69, 9.17) is 4.42 Å². The Labute approximate surface area is 156 Å². The molecule has 0 bridgehead atoms. The molecule has 1 amide bonds. The number of rotatable bonds is 6. The number of carbonyl (C=O) groups is 1. The van der Waals surface area contributed by atoms with Crippen molar-refractivity contribution in [2.45, 2.75) is 36.3 Å². The molecule has 132 valence electrons. The molecule has 0 spiro atoms. The number of thioether (sulfide) groups is 1. The van der Waals surface area contributed by atoms with Crippen LogP contribution in [-0.4, -0.2) is 22.1 Å². The lowest BCUT2D eigenvalue weighted by molar-refractivity contribution is -0.120. The number of aromatic nitrogens is 2. The van der Waals surface area contributed by atoms with E-state index < -0.39 is 5.25 Å². The third-order valence-electron chi connectivity index (χ3n) is 4.26. The zero-order valence-electron chi connectivity index (χ0n) is 14.4. The van der Waals surface area contributed by atoms with E-state index in [1.807, 2.05) is 61.5 Å². The monoisotopic (exact) mass is 365 g/mol. The molecule has 1 saturated carbocycles. The maximum Gasteiger partial charge on any atom is 0.277 e. The summed E-state index contributed by atoms with van der Waals surface area (Å²) in [6.07, 6.45) is 2.10. The molecule has 0 aliphatic heterocycles. The zero-order valence-corrected chi connectivity index (χ0v) is 15.2. The van der Waals surface area contributed by atoms with Crippen molar-refractivity contribution in [1.29, 1.82) is 0 Å². The lowest BCUT2D eigenvalue weighted by Crippen LogP contribution is -2.29. The van der Waals surface area contributed by atoms with Gasteiger partial charge in [0.15, 0.2) is 0 Å². The minimum atomic E-state index is -0.415. The summed E-state index contributed by atoms with van der Waals surface area (Å²) in [5, 5.41) is 11.3. The van der Waals surface area contributed by atoms with Gasteiger partial charge in [0, 0.05) is 11.6 Å². The van der Waals surface area contributed by atoms with Crippen LogP contribution in [0, 0.1) is 6.92 Å². The minimum Gasteiger partial charge on any atom is -0.411 e. The molecule has 2 aromatic carbocycles. The van der Waals surface area contributed by atoms with Crippen molar-refractivity contribution in [3.8, 4) is 11.5 Å². The lowest BCUT2D eigenvalue weighted by Gasteiger charge is -2.14. The Morgan fingerprint density at radius 1 is 1.12 bits per heavy atom. The van der Waals surface area contributed by atoms with E-state index in [9.17, 15) is 4.79 Å². The summed E-state index contributed by atoms with van der Waals surface area (Å²) < 4.78 is 5.83. The summed E-state index contributed by atoms with van der Waals surface area (Å²) in [5.74, 6) is 0.458. The first-order valence-electron chi connectivity index (χ1n) is 8.62. The molecule has 1 N–H and O–H groups in total. The summed E-state index contributed by atoms with van der Waals surface area (Å²) in [6.45, 7) is 2.00. The molecular weight excluding hydrogens is 346 g/mol. The molecular formula is C20H19N3O2S. The van der Waals surface area contributed by atoms with Crippen LogP contribution in [0.1, 0.15) is 29.2 Å². The van der Waals surface area contributed by atoms with Crippen LogP contribution in [0.2, 0.25) is 0 Å². The smallest absolute Gasteiger partial charge is 0.277 e. The number of carbonyl (C=O) groups excluding carboxylic acids is 1. The van der Waals surface area contributed by atoms with Crippen molar-refractivity contribution in [3.63, 3.8) is 0 Å². The predicted octanol–water partition coefficient (Wildman–Crippen LogP) is 4.16. The van der Waals surface area contributed by atoms with Gasteiger partial charge in [-0.05, 0) is 48.7 Å². The molecule has 0 unspecified atom stereocenters. The maximum absolute atomic E-state index is 12.7. The predicted molar refractivity (Wildman–Crippen MR) is 101 cm³/mol. The Balaban J connectivity index is 1.58. The quantitative estimate of drug-likeness (QED) is 0.665. The van der Waals surface area contributed by atoms with Gasteiger partial charge in [-0.3, -0.25) is 4.79 Å². The van der Waals surface area contributed by atoms with Crippen molar-refractivity contribution in [1.82, 2.24) is 15.5 Å². The fourth-order valence-corrected chi connectivity index (χ4v) is 3.57. The summed E-state index contributed by atoms with van der Waals surface area (Å²) >= 11 is 1.29. The number of benzene rings is 2. The molecule has 1 heterocycles. The van der Waals surface area contributed by atoms with E-state index in [2.05, 4.69) is 15.5 Å². The van der Waals surface area contributed by atoms with Crippen LogP contribution >= 0.6 is 11.8 Å². The van der Waals surface area contributed by atoms with Crippen molar-refractivity contribution in [2.75, 3.05) is 0 Å². The van der Waals surface area contributed by atoms with Crippen LogP contribution in [0.3, 0.4) is 0 Å². The first kappa shape index (κ1) is 16.8. The molecule has 5 nitrogen and oxygen atoms in total. The molecule has 6 heteroatoms. The number of amides is 1. The molecule has 26 heavy (non-hydrogen) atoms. The highest BCUT2D eigenvalue weighted by Crippen LogP contribution is 2.37. The fraction of sp³-hybridized carbons (Fsp3) is 0.250. The first-order chi connectivity index (χ1) is 12.7. The van der Waals surface area contributed by atoms with Gasteiger partial charge in [-0.1, -0.05) is 48.5 Å². The van der Waals surface area contributed by atoms with E-state index in [1.54, 1.807) is 0 Å². The lowest BCUT2D eigenvalue weighted by atomic mass is 10.1. The van der Waals surface area contributed by atoms with Gasteiger partial charge in [0.2, 0.25) is 11.8 Å². The third-order valence-corrected chi connectivity index (χ3v) is 5.35. The Morgan fingerprint density at radius 3 is 2.58 bits per heavy atom. The molecule has 1 atom stereocenters. The molecule has 1 aliphatic rings. The highest BCUT2D eigenvalue weighted by Gasteiger charge is 2.30. The normalized spacial score (nSPS) is 14.8. The largest absolute Gasteiger partial charge is 0.411 e. The molecule has 0 radical (unpaired) electrons. The number of hydrogen-bond donors (Lipinski definition) is 1. The highest BCUT2D eigenvalue weighted by atomic mass is 32.2. The summed E-state index contributed by atoms with van der Waals surface area (Å²) in [5.41, 5.74) is 2.90. The first-order valence-corrected chi connectivity index (χ1v) is 9.50. The summed E-state index contributed by atoms with van der Waals surface area (Å²) in [6, 6.07) is 17.9. The van der Waals surface area contributed by atoms with Gasteiger partial charge in [0.1, 0.15) is 5.25 Å². The third kappa shape index (κ3) is 3.80. The van der Waals surface area contributed by atoms with Crippen LogP contribution in [0.5, 0.6) is 0 Å².